The molecule has 202 valence electrons. The number of aliphatic hydroxyl groups excluding tert-OH is 1. The molecule has 11 nitrogen and oxygen atoms in total. The Balaban J connectivity index is 5.08. The Morgan fingerprint density at radius 1 is 0.829 bits per heavy atom. The van der Waals surface area contributed by atoms with Crippen LogP contribution in [-0.4, -0.2) is 87.9 Å². The molecule has 0 saturated carbocycles. The molecule has 0 radical (unpaired) electrons. The molecule has 5 atom stereocenters. The van der Waals surface area contributed by atoms with Crippen molar-refractivity contribution in [3.8, 4) is 0 Å². The minimum absolute atomic E-state index is 0.190. The summed E-state index contributed by atoms with van der Waals surface area (Å²) in [5, 5.41) is 27.0. The van der Waals surface area contributed by atoms with Crippen LogP contribution in [0.3, 0.4) is 0 Å². The van der Waals surface area contributed by atoms with Gasteiger partial charge < -0.3 is 31.9 Å². The number of aliphatic carboxylic acids is 1. The third kappa shape index (κ3) is 12.7. The van der Waals surface area contributed by atoms with E-state index in [9.17, 15) is 29.1 Å². The van der Waals surface area contributed by atoms with Crippen LogP contribution >= 0.6 is 21.6 Å². The van der Waals surface area contributed by atoms with E-state index in [4.69, 9.17) is 10.8 Å². The first-order valence-electron chi connectivity index (χ1n) is 11.5. The lowest BCUT2D eigenvalue weighted by molar-refractivity contribution is -0.139. The summed E-state index contributed by atoms with van der Waals surface area (Å²) >= 11 is 0. The molecule has 0 unspecified atom stereocenters. The average Bonchev–Trinajstić information content (AvgIpc) is 2.76. The number of hydrogen-bond donors (Lipinski definition) is 6. The van der Waals surface area contributed by atoms with Crippen molar-refractivity contribution in [2.45, 2.75) is 78.2 Å². The van der Waals surface area contributed by atoms with E-state index in [-0.39, 0.29) is 29.2 Å². The van der Waals surface area contributed by atoms with Gasteiger partial charge in [0.25, 0.3) is 0 Å². The van der Waals surface area contributed by atoms with Gasteiger partial charge in [-0.15, -0.1) is 0 Å². The molecule has 0 aromatic carbocycles. The van der Waals surface area contributed by atoms with Gasteiger partial charge in [-0.1, -0.05) is 56.2 Å². The summed E-state index contributed by atoms with van der Waals surface area (Å²) in [4.78, 5) is 60.7. The molecule has 0 heterocycles. The minimum Gasteiger partial charge on any atom is -0.481 e. The molecule has 0 fully saturated rings. The van der Waals surface area contributed by atoms with Gasteiger partial charge in [0.15, 0.2) is 11.6 Å². The number of amides is 2. The normalized spacial score (nSPS) is 15.7. The van der Waals surface area contributed by atoms with E-state index in [1.807, 2.05) is 6.92 Å². The van der Waals surface area contributed by atoms with Crippen LogP contribution < -0.4 is 21.7 Å². The highest BCUT2D eigenvalue weighted by Crippen LogP contribution is 2.24. The van der Waals surface area contributed by atoms with Gasteiger partial charge in [0, 0.05) is 23.3 Å². The number of hydrogen-bond acceptors (Lipinski definition) is 10. The number of carboxylic acids is 1. The van der Waals surface area contributed by atoms with Crippen LogP contribution in [0.2, 0.25) is 0 Å². The van der Waals surface area contributed by atoms with Crippen molar-refractivity contribution in [1.29, 1.82) is 0 Å². The van der Waals surface area contributed by atoms with Gasteiger partial charge in [0.2, 0.25) is 11.8 Å². The maximum Gasteiger partial charge on any atom is 0.305 e. The van der Waals surface area contributed by atoms with Gasteiger partial charge in [-0.3, -0.25) is 24.0 Å². The summed E-state index contributed by atoms with van der Waals surface area (Å²) in [5.74, 6) is -3.09. The van der Waals surface area contributed by atoms with E-state index in [0.29, 0.717) is 12.3 Å². The molecule has 2 amide bonds. The van der Waals surface area contributed by atoms with Crippen LogP contribution in [0.4, 0.5) is 0 Å². The smallest absolute Gasteiger partial charge is 0.305 e. The number of carbonyl (C=O) groups excluding carboxylic acids is 4. The van der Waals surface area contributed by atoms with E-state index >= 15 is 0 Å². The van der Waals surface area contributed by atoms with Gasteiger partial charge in [-0.05, 0) is 13.5 Å². The number of carbonyl (C=O) groups is 5. The molecular weight excluding hydrogens is 496 g/mol. The van der Waals surface area contributed by atoms with Crippen molar-refractivity contribution >= 4 is 50.9 Å². The molecule has 7 N–H and O–H groups in total. The monoisotopic (exact) mass is 536 g/mol. The maximum absolute atomic E-state index is 12.8. The van der Waals surface area contributed by atoms with Crippen molar-refractivity contribution < 1.29 is 34.2 Å². The highest BCUT2D eigenvalue weighted by molar-refractivity contribution is 8.76. The maximum atomic E-state index is 12.8. The van der Waals surface area contributed by atoms with Crippen molar-refractivity contribution in [2.75, 3.05) is 18.1 Å². The van der Waals surface area contributed by atoms with E-state index in [1.165, 1.54) is 28.5 Å². The van der Waals surface area contributed by atoms with Crippen molar-refractivity contribution in [3.05, 3.63) is 0 Å². The zero-order valence-electron chi connectivity index (χ0n) is 21.2. The van der Waals surface area contributed by atoms with E-state index in [1.54, 1.807) is 27.7 Å². The Labute approximate surface area is 214 Å². The standard InChI is InChI=1S/C22H40N4O7S2/c1-7-24-16(22(33)26-18(13(6)27)20(31)12(4)5)10-35-34-9-15(19(30)11(2)3)25-21(32)14(23)8-17(28)29/h11-16,18,24,27H,7-10,23H2,1-6H3,(H,25,32)(H,26,33)(H,28,29)/t13-,14+,15+,16+,18+/m1/s1. The fraction of sp³-hybridized carbons (Fsp3) is 0.773. The van der Waals surface area contributed by atoms with Crippen LogP contribution in [0, 0.1) is 11.8 Å². The topological polar surface area (TPSA) is 188 Å². The summed E-state index contributed by atoms with van der Waals surface area (Å²) in [5.41, 5.74) is 5.59. The molecule has 0 rings (SSSR count). The third-order valence-corrected chi connectivity index (χ3v) is 7.36. The third-order valence-electron chi connectivity index (χ3n) is 4.94. The molecule has 0 aliphatic rings. The zero-order chi connectivity index (χ0) is 27.3. The summed E-state index contributed by atoms with van der Waals surface area (Å²) in [6.45, 7) is 10.5. The number of carboxylic acid groups (broad SMARTS) is 1. The molecule has 0 spiro atoms. The van der Waals surface area contributed by atoms with Crippen LogP contribution in [0.15, 0.2) is 0 Å². The quantitative estimate of drug-likeness (QED) is 0.102. The first-order chi connectivity index (χ1) is 16.2. The Morgan fingerprint density at radius 3 is 1.77 bits per heavy atom. The molecule has 0 aromatic rings. The number of rotatable bonds is 18. The predicted octanol–water partition coefficient (Wildman–Crippen LogP) is -0.0515. The number of nitrogens with one attached hydrogen (secondary N) is 3. The summed E-state index contributed by atoms with van der Waals surface area (Å²) in [6, 6.07) is -3.81. The fourth-order valence-corrected chi connectivity index (χ4v) is 5.28. The lowest BCUT2D eigenvalue weighted by Gasteiger charge is -2.25. The first-order valence-corrected chi connectivity index (χ1v) is 14.0. The van der Waals surface area contributed by atoms with Gasteiger partial charge in [-0.25, -0.2) is 0 Å². The molecule has 0 aliphatic carbocycles. The van der Waals surface area contributed by atoms with Crippen molar-refractivity contribution in [3.63, 3.8) is 0 Å². The second-order valence-corrected chi connectivity index (χ2v) is 11.3. The van der Waals surface area contributed by atoms with E-state index < -0.39 is 54.5 Å². The Bertz CT molecular complexity index is 735. The largest absolute Gasteiger partial charge is 0.481 e. The number of ketones is 2. The molecule has 35 heavy (non-hydrogen) atoms. The summed E-state index contributed by atoms with van der Waals surface area (Å²) in [6.07, 6.45) is -1.60. The van der Waals surface area contributed by atoms with E-state index in [2.05, 4.69) is 16.0 Å². The highest BCUT2D eigenvalue weighted by atomic mass is 33.1. The fourth-order valence-electron chi connectivity index (χ4n) is 2.91. The molecule has 0 saturated heterocycles. The number of likely N-dealkylation sites (N-methyl/N-ethyl adjacent to an activating group) is 1. The van der Waals surface area contributed by atoms with Crippen LogP contribution in [0.5, 0.6) is 0 Å². The number of Topliss-reactive ketones (excluding diaryl/α,β-unsaturated/α-hetero) is 2. The zero-order valence-corrected chi connectivity index (χ0v) is 22.8. The predicted molar refractivity (Wildman–Crippen MR) is 138 cm³/mol. The minimum atomic E-state index is -1.27. The summed E-state index contributed by atoms with van der Waals surface area (Å²) < 4.78 is 0. The Morgan fingerprint density at radius 2 is 1.34 bits per heavy atom. The van der Waals surface area contributed by atoms with Gasteiger partial charge >= 0.3 is 5.97 Å². The average molecular weight is 537 g/mol. The molecule has 0 bridgehead atoms. The molecular formula is C22H40N4O7S2. The molecule has 0 aliphatic heterocycles. The first kappa shape index (κ1) is 33.3. The summed E-state index contributed by atoms with van der Waals surface area (Å²) in [7, 11) is 2.57. The Kier molecular flexibility index (Phi) is 16.1. The second-order valence-electron chi connectivity index (χ2n) is 8.79. The van der Waals surface area contributed by atoms with Crippen LogP contribution in [0.1, 0.15) is 48.0 Å². The molecule has 13 heteroatoms. The van der Waals surface area contributed by atoms with Gasteiger partial charge in [0.05, 0.1) is 30.7 Å². The van der Waals surface area contributed by atoms with Crippen molar-refractivity contribution in [1.82, 2.24) is 16.0 Å². The van der Waals surface area contributed by atoms with Crippen LogP contribution in [-0.2, 0) is 24.0 Å². The van der Waals surface area contributed by atoms with Gasteiger partial charge in [-0.2, -0.15) is 0 Å². The SMILES string of the molecule is CCN[C@@H](CSSC[C@H](NC(=O)[C@@H](N)CC(=O)O)C(=O)C(C)C)C(=O)N[C@H](C(=O)C(C)C)[C@@H](C)O. The highest BCUT2D eigenvalue weighted by Gasteiger charge is 2.30. The second kappa shape index (κ2) is 16.9. The van der Waals surface area contributed by atoms with Gasteiger partial charge in [0.1, 0.15) is 6.04 Å². The van der Waals surface area contributed by atoms with Crippen molar-refractivity contribution in [2.24, 2.45) is 17.6 Å². The number of nitrogens with two attached hydrogens (primary N) is 1. The van der Waals surface area contributed by atoms with E-state index in [0.717, 1.165) is 0 Å². The van der Waals surface area contributed by atoms with Crippen LogP contribution in [0.25, 0.3) is 0 Å². The Hall–Kier alpha value is -1.67. The number of aliphatic hydroxyl groups is 1. The lowest BCUT2D eigenvalue weighted by Crippen LogP contribution is -2.55. The lowest BCUT2D eigenvalue weighted by atomic mass is 9.98. The molecule has 0 aromatic heterocycles.